The second kappa shape index (κ2) is 2.97. The van der Waals surface area contributed by atoms with Gasteiger partial charge in [-0.05, 0) is 0 Å². The van der Waals surface area contributed by atoms with Crippen LogP contribution in [0.1, 0.15) is 0 Å². The van der Waals surface area contributed by atoms with Crippen LogP contribution in [0.15, 0.2) is 30.3 Å². The van der Waals surface area contributed by atoms with E-state index >= 15 is 0 Å². The molecule has 0 saturated carbocycles. The van der Waals surface area contributed by atoms with Crippen molar-refractivity contribution in [3.8, 4) is 0 Å². The van der Waals surface area contributed by atoms with Gasteiger partial charge in [0.25, 0.3) is 0 Å². The van der Waals surface area contributed by atoms with E-state index in [9.17, 15) is 6.93 Å². The molecule has 1 aromatic rings. The van der Waals surface area contributed by atoms with E-state index in [0.717, 1.165) is 0 Å². The fourth-order valence-corrected chi connectivity index (χ4v) is 1.37. The Bertz CT molecular complexity index is 174. The van der Waals surface area contributed by atoms with E-state index in [0.29, 0.717) is 0 Å². The third-order valence-corrected chi connectivity index (χ3v) is 2.40. The molecular weight excluding hydrogens is 185 g/mol. The monoisotopic (exact) mass is 190 g/mol. The molecule has 0 aromatic heterocycles. The van der Waals surface area contributed by atoms with Gasteiger partial charge in [0.05, 0.1) is 0 Å². The molecule has 0 atom stereocenters. The van der Waals surface area contributed by atoms with Crippen LogP contribution < -0.4 is 4.35 Å². The molecule has 9 heavy (non-hydrogen) atoms. The van der Waals surface area contributed by atoms with Crippen molar-refractivity contribution in [2.24, 2.45) is 0 Å². The van der Waals surface area contributed by atoms with Gasteiger partial charge in [-0.1, -0.05) is 0 Å². The second-order valence-corrected chi connectivity index (χ2v) is 3.63. The predicted octanol–water partition coefficient (Wildman–Crippen LogP) is 1.32. The number of hydrogen-bond donors (Lipinski definition) is 0. The van der Waals surface area contributed by atoms with Crippen LogP contribution in [0, 0.1) is 0 Å². The Kier molecular flexibility index (Phi) is 2.23. The maximum atomic E-state index is 11.9. The molecule has 0 amide bonds. The first-order valence-electron chi connectivity index (χ1n) is 2.47. The Hall–Kier alpha value is -0.362. The zero-order valence-electron chi connectivity index (χ0n) is 4.59. The van der Waals surface area contributed by atoms with Crippen molar-refractivity contribution in [1.82, 2.24) is 0 Å². The number of rotatable bonds is 1. The molecular formula is C6H5AsF2. The van der Waals surface area contributed by atoms with Crippen LogP contribution in [-0.4, -0.2) is 15.6 Å². The third-order valence-electron chi connectivity index (χ3n) is 0.951. The van der Waals surface area contributed by atoms with Crippen molar-refractivity contribution < 1.29 is 6.93 Å². The molecule has 0 N–H and O–H groups in total. The molecule has 0 aliphatic carbocycles. The quantitative estimate of drug-likeness (QED) is 0.586. The average Bonchev–Trinajstić information content (AvgIpc) is 1.90. The second-order valence-electron chi connectivity index (χ2n) is 1.57. The zero-order chi connectivity index (χ0) is 6.69. The molecule has 0 heterocycles. The van der Waals surface area contributed by atoms with Gasteiger partial charge in [-0.2, -0.15) is 0 Å². The molecule has 1 rings (SSSR count). The maximum absolute atomic E-state index is 11.9. The van der Waals surface area contributed by atoms with E-state index in [4.69, 9.17) is 0 Å². The summed E-state index contributed by atoms with van der Waals surface area (Å²) < 4.78 is 24.1. The van der Waals surface area contributed by atoms with Gasteiger partial charge in [0.15, 0.2) is 0 Å². The fourth-order valence-electron chi connectivity index (χ4n) is 0.541. The molecule has 3 heteroatoms. The summed E-state index contributed by atoms with van der Waals surface area (Å²) in [5.41, 5.74) is 0. The molecule has 0 unspecified atom stereocenters. The number of halogens is 2. The van der Waals surface area contributed by atoms with E-state index in [1.807, 2.05) is 0 Å². The molecule has 0 saturated heterocycles. The summed E-state index contributed by atoms with van der Waals surface area (Å²) in [4.78, 5) is 0. The van der Waals surface area contributed by atoms with Gasteiger partial charge in [0.2, 0.25) is 0 Å². The third kappa shape index (κ3) is 1.79. The van der Waals surface area contributed by atoms with Crippen molar-refractivity contribution in [3.05, 3.63) is 30.3 Å². The number of benzene rings is 1. The van der Waals surface area contributed by atoms with Crippen LogP contribution in [0.3, 0.4) is 0 Å². The van der Waals surface area contributed by atoms with Gasteiger partial charge in [0.1, 0.15) is 0 Å². The Morgan fingerprint density at radius 2 is 1.56 bits per heavy atom. The van der Waals surface area contributed by atoms with Crippen LogP contribution in [0.5, 0.6) is 0 Å². The molecule has 0 fully saturated rings. The Morgan fingerprint density at radius 3 is 1.89 bits per heavy atom. The zero-order valence-corrected chi connectivity index (χ0v) is 6.47. The summed E-state index contributed by atoms with van der Waals surface area (Å²) in [6.45, 7) is 0. The van der Waals surface area contributed by atoms with Crippen LogP contribution in [-0.2, 0) is 0 Å². The van der Waals surface area contributed by atoms with E-state index in [2.05, 4.69) is 0 Å². The van der Waals surface area contributed by atoms with Gasteiger partial charge < -0.3 is 0 Å². The molecule has 48 valence electrons. The van der Waals surface area contributed by atoms with E-state index in [1.54, 1.807) is 18.2 Å². The molecule has 0 aliphatic heterocycles. The van der Waals surface area contributed by atoms with Crippen molar-refractivity contribution in [2.45, 2.75) is 0 Å². The first kappa shape index (κ1) is 6.75. The minimum absolute atomic E-state index is 0.227. The van der Waals surface area contributed by atoms with Crippen molar-refractivity contribution in [1.29, 1.82) is 0 Å². The first-order chi connectivity index (χ1) is 4.30. The molecule has 0 spiro atoms. The molecule has 0 aliphatic rings. The van der Waals surface area contributed by atoms with Gasteiger partial charge in [-0.3, -0.25) is 0 Å². The summed E-state index contributed by atoms with van der Waals surface area (Å²) in [5, 5.41) is 0. The number of hydrogen-bond acceptors (Lipinski definition) is 0. The first-order valence-corrected chi connectivity index (χ1v) is 4.83. The Balaban J connectivity index is 2.85. The molecule has 0 bridgehead atoms. The van der Waals surface area contributed by atoms with Crippen molar-refractivity contribution in [2.75, 3.05) is 0 Å². The Labute approximate surface area is 57.8 Å². The van der Waals surface area contributed by atoms with Gasteiger partial charge in [-0.15, -0.1) is 0 Å². The molecule has 0 nitrogen and oxygen atoms in total. The summed E-state index contributed by atoms with van der Waals surface area (Å²) in [6.07, 6.45) is 0. The summed E-state index contributed by atoms with van der Waals surface area (Å²) in [6, 6.07) is 7.95. The van der Waals surface area contributed by atoms with E-state index in [-0.39, 0.29) is 4.35 Å². The molecule has 1 aromatic carbocycles. The van der Waals surface area contributed by atoms with E-state index < -0.39 is 15.6 Å². The normalized spacial score (nSPS) is 10.1. The summed E-state index contributed by atoms with van der Waals surface area (Å²) >= 11 is -3.59. The van der Waals surface area contributed by atoms with Crippen molar-refractivity contribution >= 4 is 19.9 Å². The van der Waals surface area contributed by atoms with Gasteiger partial charge in [-0.25, -0.2) is 0 Å². The van der Waals surface area contributed by atoms with E-state index in [1.165, 1.54) is 12.1 Å². The summed E-state index contributed by atoms with van der Waals surface area (Å²) in [7, 11) is 0. The topological polar surface area (TPSA) is 0 Å². The van der Waals surface area contributed by atoms with Crippen LogP contribution in [0.4, 0.5) is 6.93 Å². The van der Waals surface area contributed by atoms with Crippen molar-refractivity contribution in [3.63, 3.8) is 0 Å². The fraction of sp³-hybridized carbons (Fsp3) is 0. The van der Waals surface area contributed by atoms with Crippen LogP contribution in [0.2, 0.25) is 0 Å². The Morgan fingerprint density at radius 1 is 1.00 bits per heavy atom. The van der Waals surface area contributed by atoms with Crippen LogP contribution >= 0.6 is 0 Å². The van der Waals surface area contributed by atoms with Gasteiger partial charge in [0, 0.05) is 0 Å². The van der Waals surface area contributed by atoms with Crippen LogP contribution in [0.25, 0.3) is 0 Å². The molecule has 0 radical (unpaired) electrons. The SMILES string of the molecule is F[As](F)c1ccccc1. The predicted molar refractivity (Wildman–Crippen MR) is 34.0 cm³/mol. The average molecular weight is 190 g/mol. The minimum atomic E-state index is -3.59. The standard InChI is InChI=1S/C6H5AsF2/c8-7(9)6-4-2-1-3-5-6/h1-5H. The summed E-state index contributed by atoms with van der Waals surface area (Å²) in [5.74, 6) is 0. The van der Waals surface area contributed by atoms with Gasteiger partial charge >= 0.3 is 57.2 Å².